The number of hydrogen-bond donors (Lipinski definition) is 0. The number of ether oxygens (including phenoxy) is 12. The molecule has 0 bridgehead atoms. The lowest BCUT2D eigenvalue weighted by molar-refractivity contribution is 0.173. The molecular weight excluding hydrogens is 672 g/mol. The predicted molar refractivity (Wildman–Crippen MR) is 193 cm³/mol. The van der Waals surface area contributed by atoms with Crippen molar-refractivity contribution in [3.8, 4) is 69.0 Å². The Balaban J connectivity index is 1.15. The van der Waals surface area contributed by atoms with Crippen LogP contribution in [0.1, 0.15) is 60.8 Å². The highest BCUT2D eigenvalue weighted by Gasteiger charge is 2.26. The van der Waals surface area contributed by atoms with E-state index in [0.717, 1.165) is 35.1 Å². The van der Waals surface area contributed by atoms with Crippen LogP contribution in [0.5, 0.6) is 69.0 Å². The molecule has 2 aliphatic rings. The van der Waals surface area contributed by atoms with Crippen LogP contribution in [0.4, 0.5) is 0 Å². The number of benzene rings is 4. The molecule has 12 heteroatoms. The van der Waals surface area contributed by atoms with Gasteiger partial charge in [-0.05, 0) is 60.4 Å². The third kappa shape index (κ3) is 7.28. The minimum absolute atomic E-state index is 0.0985. The summed E-state index contributed by atoms with van der Waals surface area (Å²) in [4.78, 5) is 0. The molecular formula is C40H46O12. The highest BCUT2D eigenvalue weighted by Crippen LogP contribution is 2.48. The van der Waals surface area contributed by atoms with Crippen molar-refractivity contribution in [2.45, 2.75) is 38.5 Å². The molecule has 52 heavy (non-hydrogen) atoms. The van der Waals surface area contributed by atoms with Crippen LogP contribution in [-0.4, -0.2) is 69.5 Å². The molecule has 2 aliphatic heterocycles. The van der Waals surface area contributed by atoms with Crippen LogP contribution < -0.4 is 56.8 Å². The summed E-state index contributed by atoms with van der Waals surface area (Å²) in [5.41, 5.74) is 3.82. The molecule has 2 heterocycles. The second kappa shape index (κ2) is 16.2. The van der Waals surface area contributed by atoms with Crippen LogP contribution >= 0.6 is 0 Å². The third-order valence-corrected chi connectivity index (χ3v) is 9.37. The normalized spacial score (nSPS) is 13.6. The summed E-state index contributed by atoms with van der Waals surface area (Å²) < 4.78 is 69.2. The molecule has 0 aromatic heterocycles. The molecule has 4 aromatic carbocycles. The van der Waals surface area contributed by atoms with E-state index < -0.39 is 0 Å². The van der Waals surface area contributed by atoms with Crippen LogP contribution in [0, 0.1) is 0 Å². The molecule has 0 aliphatic carbocycles. The van der Waals surface area contributed by atoms with Gasteiger partial charge in [-0.15, -0.1) is 0 Å². The highest BCUT2D eigenvalue weighted by atomic mass is 16.7. The van der Waals surface area contributed by atoms with Gasteiger partial charge >= 0.3 is 0 Å². The zero-order valence-corrected chi connectivity index (χ0v) is 30.9. The summed E-state index contributed by atoms with van der Waals surface area (Å²) >= 11 is 0. The number of unbranched alkanes of at least 4 members (excludes halogenated alkanes) is 1. The van der Waals surface area contributed by atoms with Crippen LogP contribution in [0.2, 0.25) is 0 Å². The predicted octanol–water partition coefficient (Wildman–Crippen LogP) is 7.74. The Morgan fingerprint density at radius 2 is 0.769 bits per heavy atom. The fraction of sp³-hybridized carbons (Fsp3) is 0.400. The second-order valence-electron chi connectivity index (χ2n) is 12.3. The topological polar surface area (TPSA) is 111 Å². The Morgan fingerprint density at radius 3 is 1.08 bits per heavy atom. The second-order valence-corrected chi connectivity index (χ2v) is 12.3. The largest absolute Gasteiger partial charge is 0.493 e. The van der Waals surface area contributed by atoms with Crippen LogP contribution in [0.25, 0.3) is 0 Å². The van der Waals surface area contributed by atoms with Crippen molar-refractivity contribution in [1.29, 1.82) is 0 Å². The molecule has 0 spiro atoms. The molecule has 0 radical (unpaired) electrons. The molecule has 6 rings (SSSR count). The fourth-order valence-electron chi connectivity index (χ4n) is 6.44. The maximum absolute atomic E-state index is 6.41. The van der Waals surface area contributed by atoms with E-state index in [-0.39, 0.29) is 25.4 Å². The van der Waals surface area contributed by atoms with Gasteiger partial charge in [0.05, 0.1) is 55.9 Å². The Bertz CT molecular complexity index is 1690. The first-order chi connectivity index (χ1) is 25.3. The van der Waals surface area contributed by atoms with Gasteiger partial charge in [-0.25, -0.2) is 0 Å². The van der Waals surface area contributed by atoms with Crippen LogP contribution in [0.3, 0.4) is 0 Å². The summed E-state index contributed by atoms with van der Waals surface area (Å²) in [7, 11) is 9.60. The first-order valence-electron chi connectivity index (χ1n) is 17.1. The molecule has 0 amide bonds. The monoisotopic (exact) mass is 718 g/mol. The summed E-state index contributed by atoms with van der Waals surface area (Å²) in [5, 5.41) is 0. The Labute approximate surface area is 304 Å². The summed E-state index contributed by atoms with van der Waals surface area (Å²) in [6.45, 7) is 5.45. The molecule has 0 unspecified atom stereocenters. The average molecular weight is 719 g/mol. The van der Waals surface area contributed by atoms with Gasteiger partial charge in [0.1, 0.15) is 11.5 Å². The van der Waals surface area contributed by atoms with Gasteiger partial charge in [-0.3, -0.25) is 0 Å². The minimum Gasteiger partial charge on any atom is -0.493 e. The first kappa shape index (κ1) is 36.3. The molecule has 0 saturated carbocycles. The van der Waals surface area contributed by atoms with Gasteiger partial charge in [0.25, 0.3) is 0 Å². The zero-order valence-electron chi connectivity index (χ0n) is 30.9. The minimum atomic E-state index is -0.0985. The lowest BCUT2D eigenvalue weighted by Crippen LogP contribution is -2.08. The van der Waals surface area contributed by atoms with Gasteiger partial charge in [0, 0.05) is 35.1 Å². The molecule has 278 valence electrons. The Hall–Kier alpha value is -5.52. The van der Waals surface area contributed by atoms with E-state index in [0.29, 0.717) is 82.2 Å². The van der Waals surface area contributed by atoms with Gasteiger partial charge in [0.2, 0.25) is 25.1 Å². The SMILES string of the molecule is COc1cc([C@H](C)c2cc3c(cc2OCCCCOc2cc4c(cc2[C@@H](C)c2cc(OC)c(OC)c(OC)c2)OCO4)OCO3)cc(OC)c1OC. The summed E-state index contributed by atoms with van der Waals surface area (Å²) in [6, 6.07) is 15.5. The van der Waals surface area contributed by atoms with Crippen molar-refractivity contribution < 1.29 is 56.8 Å². The van der Waals surface area contributed by atoms with Crippen molar-refractivity contribution in [3.05, 3.63) is 70.8 Å². The summed E-state index contributed by atoms with van der Waals surface area (Å²) in [5.74, 6) is 7.26. The van der Waals surface area contributed by atoms with Crippen LogP contribution in [-0.2, 0) is 0 Å². The molecule has 12 nitrogen and oxygen atoms in total. The smallest absolute Gasteiger partial charge is 0.231 e. The highest BCUT2D eigenvalue weighted by molar-refractivity contribution is 5.60. The number of hydrogen-bond acceptors (Lipinski definition) is 12. The van der Waals surface area contributed by atoms with E-state index in [1.807, 2.05) is 48.5 Å². The van der Waals surface area contributed by atoms with Crippen molar-refractivity contribution in [3.63, 3.8) is 0 Å². The fourth-order valence-corrected chi connectivity index (χ4v) is 6.44. The molecule has 4 aromatic rings. The van der Waals surface area contributed by atoms with E-state index in [9.17, 15) is 0 Å². The van der Waals surface area contributed by atoms with E-state index in [4.69, 9.17) is 56.8 Å². The van der Waals surface area contributed by atoms with E-state index in [2.05, 4.69) is 13.8 Å². The average Bonchev–Trinajstić information content (AvgIpc) is 3.85. The van der Waals surface area contributed by atoms with Gasteiger partial charge in [-0.2, -0.15) is 0 Å². The van der Waals surface area contributed by atoms with E-state index in [1.165, 1.54) is 0 Å². The molecule has 0 fully saturated rings. The molecule has 0 N–H and O–H groups in total. The molecule has 2 atom stereocenters. The van der Waals surface area contributed by atoms with Crippen molar-refractivity contribution in [2.75, 3.05) is 69.5 Å². The standard InChI is InChI=1S/C40H46O12/c1-23(25-13-35(41-3)39(45-7)36(14-25)42-4)27-17-31-33(51-21-49-31)19-29(27)47-11-9-10-12-48-30-20-34-32(50-22-52-34)18-28(30)24(2)26-15-37(43-5)40(46-8)38(16-26)44-6/h13-20,23-24H,9-12,21-22H2,1-8H3/t23-,24-/m0/s1. The maximum Gasteiger partial charge on any atom is 0.231 e. The van der Waals surface area contributed by atoms with Gasteiger partial charge in [-0.1, -0.05) is 13.8 Å². The van der Waals surface area contributed by atoms with Crippen LogP contribution in [0.15, 0.2) is 48.5 Å². The lowest BCUT2D eigenvalue weighted by atomic mass is 9.91. The van der Waals surface area contributed by atoms with Crippen molar-refractivity contribution in [2.24, 2.45) is 0 Å². The van der Waals surface area contributed by atoms with Crippen molar-refractivity contribution >= 4 is 0 Å². The van der Waals surface area contributed by atoms with Gasteiger partial charge < -0.3 is 56.8 Å². The third-order valence-electron chi connectivity index (χ3n) is 9.37. The Kier molecular flexibility index (Phi) is 11.3. The van der Waals surface area contributed by atoms with Gasteiger partial charge in [0.15, 0.2) is 46.0 Å². The zero-order chi connectivity index (χ0) is 36.8. The Morgan fingerprint density at radius 1 is 0.442 bits per heavy atom. The first-order valence-corrected chi connectivity index (χ1v) is 17.1. The molecule has 0 saturated heterocycles. The van der Waals surface area contributed by atoms with E-state index >= 15 is 0 Å². The maximum atomic E-state index is 6.41. The number of rotatable bonds is 17. The van der Waals surface area contributed by atoms with Crippen molar-refractivity contribution in [1.82, 2.24) is 0 Å². The van der Waals surface area contributed by atoms with E-state index in [1.54, 1.807) is 42.7 Å². The quantitative estimate of drug-likeness (QED) is 0.0997. The number of methoxy groups -OCH3 is 6. The lowest BCUT2D eigenvalue weighted by Gasteiger charge is -2.21. The summed E-state index contributed by atoms with van der Waals surface area (Å²) in [6.07, 6.45) is 1.49. The number of fused-ring (bicyclic) bond motifs is 2.